The van der Waals surface area contributed by atoms with E-state index in [2.05, 4.69) is 5.32 Å². The van der Waals surface area contributed by atoms with Gasteiger partial charge in [-0.1, -0.05) is 57.0 Å². The lowest BCUT2D eigenvalue weighted by atomic mass is 9.94. The molecule has 0 radical (unpaired) electrons. The number of esters is 1. The van der Waals surface area contributed by atoms with E-state index in [0.717, 1.165) is 18.4 Å². The molecule has 110 valence electrons. The molecule has 0 fully saturated rings. The Kier molecular flexibility index (Phi) is 6.77. The Bertz CT molecular complexity index is 427. The molecule has 4 nitrogen and oxygen atoms in total. The third kappa shape index (κ3) is 5.03. The Morgan fingerprint density at radius 2 is 1.75 bits per heavy atom. The van der Waals surface area contributed by atoms with E-state index in [1.807, 2.05) is 44.2 Å². The lowest BCUT2D eigenvalue weighted by Gasteiger charge is -2.24. The van der Waals surface area contributed by atoms with E-state index in [0.29, 0.717) is 0 Å². The summed E-state index contributed by atoms with van der Waals surface area (Å²) in [5.74, 6) is -0.474. The molecular formula is C16H23NO3. The van der Waals surface area contributed by atoms with E-state index in [9.17, 15) is 9.59 Å². The Hall–Kier alpha value is -1.84. The third-order valence-corrected chi connectivity index (χ3v) is 3.36. The van der Waals surface area contributed by atoms with E-state index in [-0.39, 0.29) is 24.4 Å². The van der Waals surface area contributed by atoms with Crippen molar-refractivity contribution in [2.24, 2.45) is 5.92 Å². The topological polar surface area (TPSA) is 55.4 Å². The van der Waals surface area contributed by atoms with Crippen LogP contribution in [-0.4, -0.2) is 17.9 Å². The molecule has 1 amide bonds. The van der Waals surface area contributed by atoms with Gasteiger partial charge in [-0.2, -0.15) is 0 Å². The predicted octanol–water partition coefficient (Wildman–Crippen LogP) is 2.67. The standard InChI is InChI=1S/C16H23NO3/c1-4-14(5-2)15(17-12(3)18)16(19)20-11-13-9-7-6-8-10-13/h6-10,14-15H,4-5,11H2,1-3H3,(H,17,18)/t15-/m0/s1. The average molecular weight is 277 g/mol. The van der Waals surface area contributed by atoms with Gasteiger partial charge in [0.25, 0.3) is 0 Å². The fourth-order valence-electron chi connectivity index (χ4n) is 2.17. The zero-order valence-electron chi connectivity index (χ0n) is 12.4. The van der Waals surface area contributed by atoms with Gasteiger partial charge < -0.3 is 10.1 Å². The molecule has 0 aliphatic carbocycles. The van der Waals surface area contributed by atoms with Crippen LogP contribution in [0.25, 0.3) is 0 Å². The molecule has 4 heteroatoms. The maximum absolute atomic E-state index is 12.2. The molecule has 0 heterocycles. The summed E-state index contributed by atoms with van der Waals surface area (Å²) in [6.45, 7) is 5.66. The number of amides is 1. The Balaban J connectivity index is 2.65. The monoisotopic (exact) mass is 277 g/mol. The predicted molar refractivity (Wildman–Crippen MR) is 77.9 cm³/mol. The molecule has 1 rings (SSSR count). The fourth-order valence-corrected chi connectivity index (χ4v) is 2.17. The van der Waals surface area contributed by atoms with Gasteiger partial charge in [0.1, 0.15) is 12.6 Å². The van der Waals surface area contributed by atoms with Gasteiger partial charge in [-0.25, -0.2) is 4.79 Å². The van der Waals surface area contributed by atoms with Crippen molar-refractivity contribution in [1.29, 1.82) is 0 Å². The number of carbonyl (C=O) groups is 2. The number of ether oxygens (including phenoxy) is 1. The minimum Gasteiger partial charge on any atom is -0.459 e. The summed E-state index contributed by atoms with van der Waals surface area (Å²) in [6.07, 6.45) is 1.64. The van der Waals surface area contributed by atoms with Gasteiger partial charge in [0.2, 0.25) is 5.91 Å². The van der Waals surface area contributed by atoms with Crippen LogP contribution in [0.15, 0.2) is 30.3 Å². The second-order valence-corrected chi connectivity index (χ2v) is 4.85. The highest BCUT2D eigenvalue weighted by atomic mass is 16.5. The maximum atomic E-state index is 12.2. The molecular weight excluding hydrogens is 254 g/mol. The molecule has 1 aromatic rings. The van der Waals surface area contributed by atoms with Gasteiger partial charge in [-0.3, -0.25) is 4.79 Å². The van der Waals surface area contributed by atoms with Gasteiger partial charge in [-0.15, -0.1) is 0 Å². The normalized spacial score (nSPS) is 12.0. The molecule has 1 aromatic carbocycles. The fraction of sp³-hybridized carbons (Fsp3) is 0.500. The van der Waals surface area contributed by atoms with Gasteiger partial charge >= 0.3 is 5.97 Å². The summed E-state index contributed by atoms with van der Waals surface area (Å²) in [6, 6.07) is 8.95. The zero-order chi connectivity index (χ0) is 15.0. The first-order chi connectivity index (χ1) is 9.58. The van der Waals surface area contributed by atoms with Gasteiger partial charge in [-0.05, 0) is 11.5 Å². The van der Waals surface area contributed by atoms with Crippen LogP contribution in [-0.2, 0) is 20.9 Å². The molecule has 0 aromatic heterocycles. The number of rotatable bonds is 7. The highest BCUT2D eigenvalue weighted by Crippen LogP contribution is 2.15. The minimum absolute atomic E-state index is 0.0992. The number of hydrogen-bond donors (Lipinski definition) is 1. The Morgan fingerprint density at radius 3 is 2.25 bits per heavy atom. The zero-order valence-corrected chi connectivity index (χ0v) is 12.4. The maximum Gasteiger partial charge on any atom is 0.329 e. The summed E-state index contributed by atoms with van der Waals surface area (Å²) < 4.78 is 5.32. The summed E-state index contributed by atoms with van der Waals surface area (Å²) >= 11 is 0. The number of carbonyl (C=O) groups excluding carboxylic acids is 2. The summed E-state index contributed by atoms with van der Waals surface area (Å²) in [4.78, 5) is 23.4. The quantitative estimate of drug-likeness (QED) is 0.780. The molecule has 1 N–H and O–H groups in total. The van der Waals surface area contributed by atoms with Crippen molar-refractivity contribution < 1.29 is 14.3 Å². The molecule has 0 spiro atoms. The molecule has 20 heavy (non-hydrogen) atoms. The second kappa shape index (κ2) is 8.35. The van der Waals surface area contributed by atoms with E-state index >= 15 is 0 Å². The van der Waals surface area contributed by atoms with Crippen LogP contribution < -0.4 is 5.32 Å². The SMILES string of the molecule is CCC(CC)[C@H](NC(C)=O)C(=O)OCc1ccccc1. The van der Waals surface area contributed by atoms with Gasteiger partial charge in [0, 0.05) is 6.92 Å². The van der Waals surface area contributed by atoms with Crippen molar-refractivity contribution in [3.05, 3.63) is 35.9 Å². The van der Waals surface area contributed by atoms with Crippen molar-refractivity contribution in [2.45, 2.75) is 46.3 Å². The first-order valence-corrected chi connectivity index (χ1v) is 7.06. The first-order valence-electron chi connectivity index (χ1n) is 7.06. The van der Waals surface area contributed by atoms with Crippen LogP contribution in [0, 0.1) is 5.92 Å². The lowest BCUT2D eigenvalue weighted by Crippen LogP contribution is -2.45. The van der Waals surface area contributed by atoms with Crippen molar-refractivity contribution in [2.75, 3.05) is 0 Å². The Morgan fingerprint density at radius 1 is 1.15 bits per heavy atom. The van der Waals surface area contributed by atoms with Crippen LogP contribution >= 0.6 is 0 Å². The molecule has 0 saturated carbocycles. The largest absolute Gasteiger partial charge is 0.459 e. The molecule has 0 aliphatic rings. The van der Waals surface area contributed by atoms with Crippen LogP contribution in [0.1, 0.15) is 39.2 Å². The number of nitrogens with one attached hydrogen (secondary N) is 1. The van der Waals surface area contributed by atoms with E-state index < -0.39 is 6.04 Å². The second-order valence-electron chi connectivity index (χ2n) is 4.85. The summed E-state index contributed by atoms with van der Waals surface area (Å²) in [5.41, 5.74) is 0.937. The van der Waals surface area contributed by atoms with Crippen LogP contribution in [0.3, 0.4) is 0 Å². The van der Waals surface area contributed by atoms with Crippen LogP contribution in [0.5, 0.6) is 0 Å². The number of benzene rings is 1. The van der Waals surface area contributed by atoms with Crippen molar-refractivity contribution in [1.82, 2.24) is 5.32 Å². The molecule has 0 unspecified atom stereocenters. The van der Waals surface area contributed by atoms with Crippen LogP contribution in [0.4, 0.5) is 0 Å². The number of hydrogen-bond acceptors (Lipinski definition) is 3. The highest BCUT2D eigenvalue weighted by Gasteiger charge is 2.28. The summed E-state index contributed by atoms with van der Waals surface area (Å²) in [5, 5.41) is 2.70. The van der Waals surface area contributed by atoms with Gasteiger partial charge in [0.05, 0.1) is 0 Å². The third-order valence-electron chi connectivity index (χ3n) is 3.36. The summed E-state index contributed by atoms with van der Waals surface area (Å²) in [7, 11) is 0. The molecule has 1 atom stereocenters. The van der Waals surface area contributed by atoms with E-state index in [4.69, 9.17) is 4.74 Å². The molecule has 0 saturated heterocycles. The van der Waals surface area contributed by atoms with Crippen molar-refractivity contribution in [3.8, 4) is 0 Å². The van der Waals surface area contributed by atoms with Crippen molar-refractivity contribution >= 4 is 11.9 Å². The average Bonchev–Trinajstić information content (AvgIpc) is 2.45. The van der Waals surface area contributed by atoms with E-state index in [1.54, 1.807) is 0 Å². The molecule has 0 aliphatic heterocycles. The minimum atomic E-state index is -0.564. The highest BCUT2D eigenvalue weighted by molar-refractivity contribution is 5.83. The smallest absolute Gasteiger partial charge is 0.329 e. The van der Waals surface area contributed by atoms with E-state index in [1.165, 1.54) is 6.92 Å². The lowest BCUT2D eigenvalue weighted by molar-refractivity contribution is -0.150. The Labute approximate surface area is 120 Å². The molecule has 0 bridgehead atoms. The van der Waals surface area contributed by atoms with Crippen molar-refractivity contribution in [3.63, 3.8) is 0 Å². The van der Waals surface area contributed by atoms with Crippen LogP contribution in [0.2, 0.25) is 0 Å². The van der Waals surface area contributed by atoms with Gasteiger partial charge in [0.15, 0.2) is 0 Å². The first kappa shape index (κ1) is 16.2.